The fourth-order valence-corrected chi connectivity index (χ4v) is 5.10. The average molecular weight is 239 g/mol. The highest BCUT2D eigenvalue weighted by Gasteiger charge is 2.72. The van der Waals surface area contributed by atoms with E-state index in [2.05, 4.69) is 0 Å². The van der Waals surface area contributed by atoms with E-state index >= 15 is 0 Å². The number of primary amides is 1. The normalized spacial score (nSPS) is 56.2. The lowest BCUT2D eigenvalue weighted by atomic mass is 9.41. The third-order valence-electron chi connectivity index (χ3n) is 5.87. The van der Waals surface area contributed by atoms with Crippen molar-refractivity contribution in [2.45, 2.75) is 50.2 Å². The molecule has 0 heterocycles. The van der Waals surface area contributed by atoms with Gasteiger partial charge in [0.15, 0.2) is 0 Å². The van der Waals surface area contributed by atoms with Crippen LogP contribution in [0.4, 0.5) is 0 Å². The van der Waals surface area contributed by atoms with E-state index in [4.69, 9.17) is 10.5 Å². The average Bonchev–Trinajstić information content (AvgIpc) is 2.23. The summed E-state index contributed by atoms with van der Waals surface area (Å²) in [6.45, 7) is 1.87. The van der Waals surface area contributed by atoms with Gasteiger partial charge in [-0.3, -0.25) is 4.79 Å². The molecule has 1 amide bonds. The van der Waals surface area contributed by atoms with Crippen LogP contribution in [0.1, 0.15) is 39.0 Å². The molecule has 4 aliphatic carbocycles. The monoisotopic (exact) mass is 239 g/mol. The quantitative estimate of drug-likeness (QED) is 0.749. The molecule has 96 valence electrons. The van der Waals surface area contributed by atoms with Gasteiger partial charge in [0.1, 0.15) is 5.60 Å². The minimum absolute atomic E-state index is 0.297. The molecule has 4 bridgehead atoms. The minimum Gasteiger partial charge on any atom is -0.387 e. The van der Waals surface area contributed by atoms with Crippen molar-refractivity contribution in [2.24, 2.45) is 23.0 Å². The summed E-state index contributed by atoms with van der Waals surface area (Å²) >= 11 is 0. The van der Waals surface area contributed by atoms with Crippen LogP contribution >= 0.6 is 0 Å². The van der Waals surface area contributed by atoms with E-state index in [-0.39, 0.29) is 5.91 Å². The predicted octanol–water partition coefficient (Wildman–Crippen LogP) is 0.818. The molecule has 0 aromatic heterocycles. The number of nitrogens with two attached hydrogens (primary N) is 1. The second-order valence-corrected chi connectivity index (χ2v) is 6.50. The summed E-state index contributed by atoms with van der Waals surface area (Å²) in [6, 6.07) is 0. The SMILES string of the molecule is COC1(C)C2(O)CC3CC(C2)CC1(C(N)=O)C3. The molecule has 4 nitrogen and oxygen atoms in total. The molecule has 4 aliphatic rings. The number of carbonyl (C=O) groups excluding carboxylic acids is 1. The molecular weight excluding hydrogens is 218 g/mol. The maximum Gasteiger partial charge on any atom is 0.226 e. The fraction of sp³-hybridized carbons (Fsp3) is 0.923. The molecule has 4 rings (SSSR count). The van der Waals surface area contributed by atoms with E-state index in [1.54, 1.807) is 7.11 Å². The second kappa shape index (κ2) is 3.04. The van der Waals surface area contributed by atoms with E-state index in [9.17, 15) is 9.90 Å². The Morgan fingerprint density at radius 3 is 2.24 bits per heavy atom. The van der Waals surface area contributed by atoms with Crippen molar-refractivity contribution in [1.82, 2.24) is 0 Å². The van der Waals surface area contributed by atoms with Gasteiger partial charge in [-0.05, 0) is 50.9 Å². The largest absolute Gasteiger partial charge is 0.387 e. The first-order valence-electron chi connectivity index (χ1n) is 6.44. The lowest BCUT2D eigenvalue weighted by Gasteiger charge is -2.67. The van der Waals surface area contributed by atoms with Gasteiger partial charge in [-0.1, -0.05) is 0 Å². The van der Waals surface area contributed by atoms with Gasteiger partial charge < -0.3 is 15.6 Å². The summed E-state index contributed by atoms with van der Waals surface area (Å²) in [7, 11) is 1.59. The fourth-order valence-electron chi connectivity index (χ4n) is 5.10. The van der Waals surface area contributed by atoms with Crippen LogP contribution in [0.2, 0.25) is 0 Å². The molecule has 17 heavy (non-hydrogen) atoms. The van der Waals surface area contributed by atoms with Crippen molar-refractivity contribution >= 4 is 5.91 Å². The summed E-state index contributed by atoms with van der Waals surface area (Å²) in [5.41, 5.74) is 3.31. The van der Waals surface area contributed by atoms with Gasteiger partial charge in [-0.15, -0.1) is 0 Å². The van der Waals surface area contributed by atoms with Gasteiger partial charge in [0, 0.05) is 7.11 Å². The summed E-state index contributed by atoms with van der Waals surface area (Å²) in [4.78, 5) is 12.0. The first-order chi connectivity index (χ1) is 7.87. The third-order valence-corrected chi connectivity index (χ3v) is 5.87. The smallest absolute Gasteiger partial charge is 0.226 e. The molecule has 0 spiro atoms. The molecular formula is C13H21NO3. The Labute approximate surface area is 102 Å². The van der Waals surface area contributed by atoms with Crippen molar-refractivity contribution in [1.29, 1.82) is 0 Å². The third kappa shape index (κ3) is 1.09. The van der Waals surface area contributed by atoms with Crippen molar-refractivity contribution in [3.63, 3.8) is 0 Å². The zero-order valence-corrected chi connectivity index (χ0v) is 10.5. The van der Waals surface area contributed by atoms with Gasteiger partial charge in [-0.25, -0.2) is 0 Å². The van der Waals surface area contributed by atoms with Gasteiger partial charge in [0.25, 0.3) is 0 Å². The summed E-state index contributed by atoms with van der Waals surface area (Å²) in [6.07, 6.45) is 4.21. The zero-order valence-electron chi connectivity index (χ0n) is 10.5. The van der Waals surface area contributed by atoms with Crippen LogP contribution in [0, 0.1) is 17.3 Å². The van der Waals surface area contributed by atoms with E-state index in [0.717, 1.165) is 32.1 Å². The van der Waals surface area contributed by atoms with Crippen molar-refractivity contribution in [3.05, 3.63) is 0 Å². The number of rotatable bonds is 2. The Balaban J connectivity index is 2.16. The molecule has 3 unspecified atom stereocenters. The maximum absolute atomic E-state index is 12.0. The number of carbonyl (C=O) groups is 1. The van der Waals surface area contributed by atoms with Crippen LogP contribution in [0.15, 0.2) is 0 Å². The summed E-state index contributed by atoms with van der Waals surface area (Å²) in [5.74, 6) is 0.570. The molecule has 4 saturated carbocycles. The van der Waals surface area contributed by atoms with Gasteiger partial charge >= 0.3 is 0 Å². The van der Waals surface area contributed by atoms with Crippen LogP contribution in [-0.2, 0) is 9.53 Å². The lowest BCUT2D eigenvalue weighted by Crippen LogP contribution is -2.76. The molecule has 0 radical (unpaired) electrons. The Morgan fingerprint density at radius 2 is 1.82 bits per heavy atom. The van der Waals surface area contributed by atoms with Crippen molar-refractivity contribution in [3.8, 4) is 0 Å². The van der Waals surface area contributed by atoms with Crippen LogP contribution in [0.3, 0.4) is 0 Å². The number of hydrogen-bond donors (Lipinski definition) is 2. The van der Waals surface area contributed by atoms with E-state index in [1.807, 2.05) is 6.92 Å². The van der Waals surface area contributed by atoms with E-state index in [0.29, 0.717) is 11.8 Å². The minimum atomic E-state index is -0.874. The molecule has 0 aromatic carbocycles. The number of hydrogen-bond acceptors (Lipinski definition) is 3. The van der Waals surface area contributed by atoms with Gasteiger partial charge in [0.2, 0.25) is 5.91 Å². The first kappa shape index (κ1) is 11.5. The predicted molar refractivity (Wildman–Crippen MR) is 62.1 cm³/mol. The lowest BCUT2D eigenvalue weighted by molar-refractivity contribution is -0.296. The molecule has 3 N–H and O–H groups in total. The molecule has 0 aliphatic heterocycles. The van der Waals surface area contributed by atoms with Gasteiger partial charge in [0.05, 0.1) is 11.0 Å². The number of aliphatic hydroxyl groups is 1. The summed E-state index contributed by atoms with van der Waals surface area (Å²) in [5, 5.41) is 10.9. The van der Waals surface area contributed by atoms with Crippen LogP contribution in [0.25, 0.3) is 0 Å². The highest BCUT2D eigenvalue weighted by Crippen LogP contribution is 2.66. The Morgan fingerprint density at radius 1 is 1.29 bits per heavy atom. The van der Waals surface area contributed by atoms with Gasteiger partial charge in [-0.2, -0.15) is 0 Å². The molecule has 0 aromatic rings. The molecule has 0 saturated heterocycles. The Hall–Kier alpha value is -0.610. The topological polar surface area (TPSA) is 72.6 Å². The number of methoxy groups -OCH3 is 1. The Kier molecular flexibility index (Phi) is 2.05. The highest BCUT2D eigenvalue weighted by atomic mass is 16.5. The standard InChI is InChI=1S/C13H21NO3/c1-11(17-2)12(10(14)15)4-8-3-9(5-12)7-13(11,16)6-8/h8-9,16H,3-7H2,1-2H3,(H2,14,15). The van der Waals surface area contributed by atoms with Crippen LogP contribution in [0.5, 0.6) is 0 Å². The molecule has 4 fully saturated rings. The maximum atomic E-state index is 12.0. The van der Waals surface area contributed by atoms with Crippen molar-refractivity contribution < 1.29 is 14.6 Å². The molecule has 4 heteroatoms. The number of ether oxygens (including phenoxy) is 1. The van der Waals surface area contributed by atoms with E-state index in [1.165, 1.54) is 0 Å². The van der Waals surface area contributed by atoms with Crippen molar-refractivity contribution in [2.75, 3.05) is 7.11 Å². The zero-order chi connectivity index (χ0) is 12.5. The number of amides is 1. The highest BCUT2D eigenvalue weighted by molar-refractivity contribution is 5.83. The summed E-state index contributed by atoms with van der Waals surface area (Å²) < 4.78 is 5.63. The van der Waals surface area contributed by atoms with E-state index < -0.39 is 16.6 Å². The Bertz CT molecular complexity index is 367. The van der Waals surface area contributed by atoms with Crippen LogP contribution < -0.4 is 5.73 Å². The molecule has 3 atom stereocenters. The first-order valence-corrected chi connectivity index (χ1v) is 6.44. The van der Waals surface area contributed by atoms with Crippen LogP contribution in [-0.4, -0.2) is 29.3 Å². The second-order valence-electron chi connectivity index (χ2n) is 6.50.